The third kappa shape index (κ3) is 3.51. The highest BCUT2D eigenvalue weighted by Gasteiger charge is 1.82. The summed E-state index contributed by atoms with van der Waals surface area (Å²) in [6.07, 6.45) is 0. The van der Waals surface area contributed by atoms with Crippen LogP contribution in [0.2, 0.25) is 0 Å². The molecule has 0 aliphatic carbocycles. The van der Waals surface area contributed by atoms with Crippen LogP contribution in [0.1, 0.15) is 13.8 Å². The molecule has 1 rings (SSSR count). The fourth-order valence-electron chi connectivity index (χ4n) is 0.507. The Labute approximate surface area is 70.4 Å². The van der Waals surface area contributed by atoms with Crippen LogP contribution in [-0.2, 0) is 0 Å². The Balaban J connectivity index is 0.000000371. The van der Waals surface area contributed by atoms with Gasteiger partial charge in [-0.15, -0.1) is 0 Å². The molecule has 0 atom stereocenters. The van der Waals surface area contributed by atoms with Gasteiger partial charge in [0, 0.05) is 10.2 Å². The predicted octanol–water partition coefficient (Wildman–Crippen LogP) is 3.06. The zero-order chi connectivity index (χ0) is 7.98. The fraction of sp³-hybridized carbons (Fsp3) is 0.250. The van der Waals surface area contributed by atoms with Crippen LogP contribution < -0.4 is 5.73 Å². The maximum Gasteiger partial charge on any atom is 0.0325 e. The largest absolute Gasteiger partial charge is 0.399 e. The van der Waals surface area contributed by atoms with Crippen molar-refractivity contribution < 1.29 is 0 Å². The number of anilines is 1. The lowest BCUT2D eigenvalue weighted by atomic mass is 10.3. The van der Waals surface area contributed by atoms with Crippen molar-refractivity contribution in [1.29, 1.82) is 0 Å². The lowest BCUT2D eigenvalue weighted by molar-refractivity contribution is 1.50. The van der Waals surface area contributed by atoms with Gasteiger partial charge in [-0.2, -0.15) is 0 Å². The molecular weight excluding hydrogens is 190 g/mol. The van der Waals surface area contributed by atoms with Crippen LogP contribution in [0.5, 0.6) is 0 Å². The van der Waals surface area contributed by atoms with E-state index in [2.05, 4.69) is 15.9 Å². The summed E-state index contributed by atoms with van der Waals surface area (Å²) in [5.41, 5.74) is 6.22. The van der Waals surface area contributed by atoms with Gasteiger partial charge in [0.1, 0.15) is 0 Å². The first kappa shape index (κ1) is 9.50. The maximum atomic E-state index is 5.43. The molecule has 0 radical (unpaired) electrons. The fourth-order valence-corrected chi connectivity index (χ4v) is 0.924. The molecule has 0 spiro atoms. The van der Waals surface area contributed by atoms with Crippen molar-refractivity contribution in [2.75, 3.05) is 5.73 Å². The highest BCUT2D eigenvalue weighted by molar-refractivity contribution is 9.10. The van der Waals surface area contributed by atoms with Gasteiger partial charge in [0.15, 0.2) is 0 Å². The van der Waals surface area contributed by atoms with Gasteiger partial charge in [-0.25, -0.2) is 0 Å². The van der Waals surface area contributed by atoms with Crippen molar-refractivity contribution >= 4 is 21.6 Å². The third-order valence-electron chi connectivity index (χ3n) is 0.849. The van der Waals surface area contributed by atoms with Crippen molar-refractivity contribution in [3.05, 3.63) is 28.7 Å². The molecule has 0 fully saturated rings. The Bertz CT molecular complexity index is 169. The molecule has 2 heteroatoms. The number of hydrogen-bond donors (Lipinski definition) is 1. The van der Waals surface area contributed by atoms with Crippen molar-refractivity contribution in [1.82, 2.24) is 0 Å². The molecule has 0 heterocycles. The van der Waals surface area contributed by atoms with Gasteiger partial charge in [0.2, 0.25) is 0 Å². The van der Waals surface area contributed by atoms with E-state index in [1.54, 1.807) is 0 Å². The standard InChI is InChI=1S/C6H6BrN.C2H6/c7-5-2-1-3-6(8)4-5;1-2/h1-4H,8H2;1-2H3. The highest BCUT2D eigenvalue weighted by Crippen LogP contribution is 2.11. The number of hydrogen-bond acceptors (Lipinski definition) is 1. The molecular formula is C8H12BrN. The van der Waals surface area contributed by atoms with Crippen molar-refractivity contribution in [2.45, 2.75) is 13.8 Å². The molecule has 0 saturated heterocycles. The summed E-state index contributed by atoms with van der Waals surface area (Å²) >= 11 is 3.28. The maximum absolute atomic E-state index is 5.43. The van der Waals surface area contributed by atoms with Gasteiger partial charge in [-0.05, 0) is 18.2 Å². The average Bonchev–Trinajstić information content (AvgIpc) is 1.91. The summed E-state index contributed by atoms with van der Waals surface area (Å²) in [4.78, 5) is 0. The van der Waals surface area contributed by atoms with Crippen LogP contribution in [0, 0.1) is 0 Å². The molecule has 0 aliphatic rings. The smallest absolute Gasteiger partial charge is 0.0325 e. The van der Waals surface area contributed by atoms with Gasteiger partial charge in [0.05, 0.1) is 0 Å². The highest BCUT2D eigenvalue weighted by atomic mass is 79.9. The SMILES string of the molecule is CC.Nc1cccc(Br)c1. The minimum Gasteiger partial charge on any atom is -0.399 e. The molecule has 2 N–H and O–H groups in total. The van der Waals surface area contributed by atoms with E-state index in [9.17, 15) is 0 Å². The Morgan fingerprint density at radius 3 is 2.20 bits per heavy atom. The van der Waals surface area contributed by atoms with E-state index in [0.29, 0.717) is 0 Å². The summed E-state index contributed by atoms with van der Waals surface area (Å²) in [6.45, 7) is 4.00. The second kappa shape index (κ2) is 5.30. The van der Waals surface area contributed by atoms with Crippen LogP contribution in [0.3, 0.4) is 0 Å². The minimum absolute atomic E-state index is 0.791. The number of halogens is 1. The number of nitrogen functional groups attached to an aromatic ring is 1. The molecule has 0 aromatic heterocycles. The van der Waals surface area contributed by atoms with Crippen molar-refractivity contribution in [2.24, 2.45) is 0 Å². The summed E-state index contributed by atoms with van der Waals surface area (Å²) in [6, 6.07) is 7.56. The van der Waals surface area contributed by atoms with Gasteiger partial charge >= 0.3 is 0 Å². The first-order chi connectivity index (χ1) is 4.79. The summed E-state index contributed by atoms with van der Waals surface area (Å²) in [5, 5.41) is 0. The monoisotopic (exact) mass is 201 g/mol. The molecule has 0 aliphatic heterocycles. The first-order valence-electron chi connectivity index (χ1n) is 3.30. The number of rotatable bonds is 0. The Kier molecular flexibility index (Phi) is 5.03. The van der Waals surface area contributed by atoms with Crippen LogP contribution >= 0.6 is 15.9 Å². The topological polar surface area (TPSA) is 26.0 Å². The summed E-state index contributed by atoms with van der Waals surface area (Å²) in [7, 11) is 0. The van der Waals surface area contributed by atoms with Crippen molar-refractivity contribution in [3.63, 3.8) is 0 Å². The van der Waals surface area contributed by atoms with E-state index in [0.717, 1.165) is 10.2 Å². The number of benzene rings is 1. The van der Waals surface area contributed by atoms with Gasteiger partial charge in [0.25, 0.3) is 0 Å². The average molecular weight is 202 g/mol. The second-order valence-corrected chi connectivity index (χ2v) is 2.47. The lowest BCUT2D eigenvalue weighted by Crippen LogP contribution is -1.80. The second-order valence-electron chi connectivity index (χ2n) is 1.56. The molecule has 1 nitrogen and oxygen atoms in total. The summed E-state index contributed by atoms with van der Waals surface area (Å²) in [5.74, 6) is 0. The third-order valence-corrected chi connectivity index (χ3v) is 1.34. The quantitative estimate of drug-likeness (QED) is 0.643. The molecule has 10 heavy (non-hydrogen) atoms. The zero-order valence-corrected chi connectivity index (χ0v) is 7.85. The zero-order valence-electron chi connectivity index (χ0n) is 6.26. The van der Waals surface area contributed by atoms with E-state index in [1.165, 1.54) is 0 Å². The predicted molar refractivity (Wildman–Crippen MR) is 49.9 cm³/mol. The molecule has 0 saturated carbocycles. The van der Waals surface area contributed by atoms with E-state index >= 15 is 0 Å². The van der Waals surface area contributed by atoms with E-state index in [-0.39, 0.29) is 0 Å². The molecule has 0 bridgehead atoms. The molecule has 0 unspecified atom stereocenters. The Hall–Kier alpha value is -0.500. The van der Waals surface area contributed by atoms with Crippen LogP contribution in [-0.4, -0.2) is 0 Å². The van der Waals surface area contributed by atoms with E-state index in [4.69, 9.17) is 5.73 Å². The van der Waals surface area contributed by atoms with E-state index < -0.39 is 0 Å². The Morgan fingerprint density at radius 2 is 1.90 bits per heavy atom. The van der Waals surface area contributed by atoms with Gasteiger partial charge in [-0.1, -0.05) is 35.8 Å². The van der Waals surface area contributed by atoms with Crippen LogP contribution in [0.15, 0.2) is 28.7 Å². The lowest BCUT2D eigenvalue weighted by Gasteiger charge is -1.89. The van der Waals surface area contributed by atoms with E-state index in [1.807, 2.05) is 38.1 Å². The molecule has 1 aromatic carbocycles. The van der Waals surface area contributed by atoms with Crippen LogP contribution in [0.4, 0.5) is 5.69 Å². The summed E-state index contributed by atoms with van der Waals surface area (Å²) < 4.78 is 1.03. The molecule has 56 valence electrons. The Morgan fingerprint density at radius 1 is 1.30 bits per heavy atom. The van der Waals surface area contributed by atoms with Gasteiger partial charge < -0.3 is 5.73 Å². The molecule has 0 amide bonds. The minimum atomic E-state index is 0.791. The number of nitrogens with two attached hydrogens (primary N) is 1. The van der Waals surface area contributed by atoms with Crippen LogP contribution in [0.25, 0.3) is 0 Å². The molecule has 1 aromatic rings. The van der Waals surface area contributed by atoms with Crippen molar-refractivity contribution in [3.8, 4) is 0 Å². The first-order valence-corrected chi connectivity index (χ1v) is 4.09. The normalized spacial score (nSPS) is 7.90. The van der Waals surface area contributed by atoms with Gasteiger partial charge in [-0.3, -0.25) is 0 Å².